The minimum absolute atomic E-state index is 0.0606. The van der Waals surface area contributed by atoms with Crippen molar-refractivity contribution >= 4 is 23.8 Å². The van der Waals surface area contributed by atoms with E-state index < -0.39 is 11.8 Å². The molecule has 2 N–H and O–H groups in total. The SMILES string of the molecule is COc1ccccc1CNC(=O)C(=O)NCC1CCN(C(=O)/C=C/c2ccco2)CC1. The predicted molar refractivity (Wildman–Crippen MR) is 115 cm³/mol. The van der Waals surface area contributed by atoms with Gasteiger partial charge in [0.25, 0.3) is 0 Å². The Balaban J connectivity index is 1.36. The van der Waals surface area contributed by atoms with Crippen molar-refractivity contribution in [3.05, 3.63) is 60.1 Å². The molecule has 1 aromatic carbocycles. The summed E-state index contributed by atoms with van der Waals surface area (Å²) < 4.78 is 10.4. The number of amides is 3. The quantitative estimate of drug-likeness (QED) is 0.522. The Bertz CT molecular complexity index is 915. The molecule has 8 nitrogen and oxygen atoms in total. The van der Waals surface area contributed by atoms with Crippen LogP contribution in [0.15, 0.2) is 53.2 Å². The number of likely N-dealkylation sites (tertiary alicyclic amines) is 1. The molecule has 1 aromatic heterocycles. The Kier molecular flexibility index (Phi) is 7.86. The average Bonchev–Trinajstić information content (AvgIpc) is 3.33. The van der Waals surface area contributed by atoms with Gasteiger partial charge in [-0.1, -0.05) is 18.2 Å². The van der Waals surface area contributed by atoms with E-state index in [4.69, 9.17) is 9.15 Å². The summed E-state index contributed by atoms with van der Waals surface area (Å²) in [6, 6.07) is 10.9. The summed E-state index contributed by atoms with van der Waals surface area (Å²) in [5, 5.41) is 5.30. The highest BCUT2D eigenvalue weighted by Gasteiger charge is 2.23. The summed E-state index contributed by atoms with van der Waals surface area (Å²) in [6.45, 7) is 1.84. The number of nitrogens with one attached hydrogen (secondary N) is 2. The molecule has 0 unspecified atom stereocenters. The van der Waals surface area contributed by atoms with Gasteiger partial charge in [-0.15, -0.1) is 0 Å². The smallest absolute Gasteiger partial charge is 0.309 e. The van der Waals surface area contributed by atoms with Gasteiger partial charge in [0.05, 0.1) is 13.4 Å². The van der Waals surface area contributed by atoms with Gasteiger partial charge in [-0.05, 0) is 43.0 Å². The molecule has 0 aliphatic carbocycles. The van der Waals surface area contributed by atoms with Crippen LogP contribution in [-0.4, -0.2) is 49.4 Å². The molecular formula is C23H27N3O5. The number of rotatable bonds is 7. The third-order valence-corrected chi connectivity index (χ3v) is 5.25. The first kappa shape index (κ1) is 22.1. The van der Waals surface area contributed by atoms with E-state index in [0.717, 1.165) is 18.4 Å². The Hall–Kier alpha value is -3.55. The minimum Gasteiger partial charge on any atom is -0.496 e. The number of methoxy groups -OCH3 is 1. The summed E-state index contributed by atoms with van der Waals surface area (Å²) in [4.78, 5) is 38.2. The van der Waals surface area contributed by atoms with E-state index in [2.05, 4.69) is 10.6 Å². The van der Waals surface area contributed by atoms with Gasteiger partial charge >= 0.3 is 11.8 Å². The molecule has 1 saturated heterocycles. The van der Waals surface area contributed by atoms with Crippen molar-refractivity contribution in [1.29, 1.82) is 0 Å². The van der Waals surface area contributed by atoms with Crippen molar-refractivity contribution in [1.82, 2.24) is 15.5 Å². The predicted octanol–water partition coefficient (Wildman–Crippen LogP) is 1.97. The number of para-hydroxylation sites is 1. The molecule has 31 heavy (non-hydrogen) atoms. The van der Waals surface area contributed by atoms with Crippen LogP contribution in [0, 0.1) is 5.92 Å². The minimum atomic E-state index is -0.679. The largest absolute Gasteiger partial charge is 0.496 e. The molecule has 1 aliphatic heterocycles. The lowest BCUT2D eigenvalue weighted by Crippen LogP contribution is -2.44. The van der Waals surface area contributed by atoms with Gasteiger partial charge in [-0.2, -0.15) is 0 Å². The zero-order chi connectivity index (χ0) is 22.1. The molecule has 1 fully saturated rings. The van der Waals surface area contributed by atoms with E-state index in [1.54, 1.807) is 42.5 Å². The molecule has 0 atom stereocenters. The first-order valence-electron chi connectivity index (χ1n) is 10.2. The zero-order valence-electron chi connectivity index (χ0n) is 17.5. The maximum atomic E-state index is 12.3. The van der Waals surface area contributed by atoms with E-state index >= 15 is 0 Å². The average molecular weight is 425 g/mol. The van der Waals surface area contributed by atoms with Crippen molar-refractivity contribution < 1.29 is 23.5 Å². The van der Waals surface area contributed by atoms with Crippen LogP contribution in [0.2, 0.25) is 0 Å². The number of hydrogen-bond acceptors (Lipinski definition) is 5. The molecule has 2 heterocycles. The van der Waals surface area contributed by atoms with Crippen molar-refractivity contribution in [2.75, 3.05) is 26.7 Å². The highest BCUT2D eigenvalue weighted by molar-refractivity contribution is 6.35. The molecule has 1 aliphatic rings. The van der Waals surface area contributed by atoms with Crippen molar-refractivity contribution in [2.45, 2.75) is 19.4 Å². The maximum Gasteiger partial charge on any atom is 0.309 e. The Labute approximate surface area is 181 Å². The molecule has 0 radical (unpaired) electrons. The fourth-order valence-corrected chi connectivity index (χ4v) is 3.42. The van der Waals surface area contributed by atoms with Crippen LogP contribution < -0.4 is 15.4 Å². The number of hydrogen-bond donors (Lipinski definition) is 2. The highest BCUT2D eigenvalue weighted by atomic mass is 16.5. The molecule has 0 bridgehead atoms. The number of carbonyl (C=O) groups is 3. The Morgan fingerprint density at radius 3 is 2.55 bits per heavy atom. The number of nitrogens with zero attached hydrogens (tertiary/aromatic N) is 1. The number of ether oxygens (including phenoxy) is 1. The van der Waals surface area contributed by atoms with Gasteiger partial charge in [0.1, 0.15) is 11.5 Å². The number of piperidine rings is 1. The van der Waals surface area contributed by atoms with Crippen molar-refractivity contribution in [3.8, 4) is 5.75 Å². The summed E-state index contributed by atoms with van der Waals surface area (Å²) in [5.41, 5.74) is 0.796. The molecule has 0 saturated carbocycles. The second-order valence-corrected chi connectivity index (χ2v) is 7.32. The normalized spacial score (nSPS) is 14.4. The second kappa shape index (κ2) is 11.0. The zero-order valence-corrected chi connectivity index (χ0v) is 17.5. The molecular weight excluding hydrogens is 398 g/mol. The molecule has 2 aromatic rings. The lowest BCUT2D eigenvalue weighted by molar-refractivity contribution is -0.139. The fourth-order valence-electron chi connectivity index (χ4n) is 3.42. The van der Waals surface area contributed by atoms with E-state index in [1.165, 1.54) is 6.08 Å². The monoisotopic (exact) mass is 425 g/mol. The second-order valence-electron chi connectivity index (χ2n) is 7.32. The number of benzene rings is 1. The standard InChI is InChI=1S/C23H27N3O5/c1-30-20-7-3-2-5-18(20)16-25-23(29)22(28)24-15-17-10-12-26(13-11-17)21(27)9-8-19-6-4-14-31-19/h2-9,14,17H,10-13,15-16H2,1H3,(H,24,28)(H,25,29)/b9-8+. The number of furan rings is 1. The van der Waals surface area contributed by atoms with Crippen LogP contribution in [0.3, 0.4) is 0 Å². The first-order valence-corrected chi connectivity index (χ1v) is 10.2. The van der Waals surface area contributed by atoms with Gasteiger partial charge in [-0.25, -0.2) is 0 Å². The van der Waals surface area contributed by atoms with Crippen LogP contribution in [0.4, 0.5) is 0 Å². The number of carbonyl (C=O) groups excluding carboxylic acids is 3. The van der Waals surface area contributed by atoms with E-state index in [0.29, 0.717) is 31.1 Å². The van der Waals surface area contributed by atoms with Gasteiger partial charge < -0.3 is 24.7 Å². The molecule has 0 spiro atoms. The van der Waals surface area contributed by atoms with Crippen LogP contribution >= 0.6 is 0 Å². The molecule has 3 amide bonds. The van der Waals surface area contributed by atoms with Gasteiger partial charge in [-0.3, -0.25) is 14.4 Å². The fraction of sp³-hybridized carbons (Fsp3) is 0.348. The lowest BCUT2D eigenvalue weighted by Gasteiger charge is -2.31. The van der Waals surface area contributed by atoms with Crippen LogP contribution in [0.1, 0.15) is 24.2 Å². The van der Waals surface area contributed by atoms with Gasteiger partial charge in [0.15, 0.2) is 0 Å². The van der Waals surface area contributed by atoms with Crippen LogP contribution in [0.25, 0.3) is 6.08 Å². The van der Waals surface area contributed by atoms with Gasteiger partial charge in [0, 0.05) is 37.8 Å². The van der Waals surface area contributed by atoms with Crippen molar-refractivity contribution in [3.63, 3.8) is 0 Å². The molecule has 164 valence electrons. The van der Waals surface area contributed by atoms with Crippen LogP contribution in [-0.2, 0) is 20.9 Å². The third kappa shape index (κ3) is 6.47. The summed E-state index contributed by atoms with van der Waals surface area (Å²) >= 11 is 0. The lowest BCUT2D eigenvalue weighted by atomic mass is 9.96. The Morgan fingerprint density at radius 2 is 1.84 bits per heavy atom. The summed E-state index contributed by atoms with van der Waals surface area (Å²) in [6.07, 6.45) is 6.25. The van der Waals surface area contributed by atoms with E-state index in [9.17, 15) is 14.4 Å². The maximum absolute atomic E-state index is 12.3. The molecule has 3 rings (SSSR count). The summed E-state index contributed by atoms with van der Waals surface area (Å²) in [7, 11) is 1.56. The van der Waals surface area contributed by atoms with E-state index in [1.807, 2.05) is 18.2 Å². The third-order valence-electron chi connectivity index (χ3n) is 5.25. The molecule has 8 heteroatoms. The first-order chi connectivity index (χ1) is 15.1. The highest BCUT2D eigenvalue weighted by Crippen LogP contribution is 2.18. The van der Waals surface area contributed by atoms with E-state index in [-0.39, 0.29) is 18.4 Å². The summed E-state index contributed by atoms with van der Waals surface area (Å²) in [5.74, 6) is 0.119. The van der Waals surface area contributed by atoms with Crippen LogP contribution in [0.5, 0.6) is 5.75 Å². The topological polar surface area (TPSA) is 101 Å². The van der Waals surface area contributed by atoms with Crippen molar-refractivity contribution in [2.24, 2.45) is 5.92 Å². The Morgan fingerprint density at radius 1 is 1.10 bits per heavy atom. The van der Waals surface area contributed by atoms with Gasteiger partial charge in [0.2, 0.25) is 5.91 Å².